The molecule has 200 valence electrons. The predicted molar refractivity (Wildman–Crippen MR) is 140 cm³/mol. The molecule has 1 aliphatic carbocycles. The van der Waals surface area contributed by atoms with Crippen molar-refractivity contribution >= 4 is 34.9 Å². The predicted octanol–water partition coefficient (Wildman–Crippen LogP) is 3.09. The Kier molecular flexibility index (Phi) is 9.20. The van der Waals surface area contributed by atoms with Crippen LogP contribution in [0.2, 0.25) is 0 Å². The van der Waals surface area contributed by atoms with Crippen molar-refractivity contribution in [2.24, 2.45) is 17.3 Å². The molecule has 0 radical (unpaired) electrons. The Morgan fingerprint density at radius 2 is 1.73 bits per heavy atom. The molecule has 1 fully saturated rings. The Labute approximate surface area is 220 Å². The van der Waals surface area contributed by atoms with Gasteiger partial charge in [-0.1, -0.05) is 45.0 Å². The van der Waals surface area contributed by atoms with Crippen molar-refractivity contribution in [1.29, 1.82) is 0 Å². The highest BCUT2D eigenvalue weighted by atomic mass is 32.1. The van der Waals surface area contributed by atoms with Gasteiger partial charge in [-0.05, 0) is 36.3 Å². The van der Waals surface area contributed by atoms with Crippen LogP contribution in [0, 0.1) is 24.2 Å². The normalized spacial score (nSPS) is 20.3. The van der Waals surface area contributed by atoms with Gasteiger partial charge in [0.05, 0.1) is 40.6 Å². The van der Waals surface area contributed by atoms with Crippen LogP contribution in [0.4, 0.5) is 0 Å². The van der Waals surface area contributed by atoms with Crippen LogP contribution in [0.1, 0.15) is 57.7 Å². The lowest BCUT2D eigenvalue weighted by atomic mass is 9.77. The zero-order valence-electron chi connectivity index (χ0n) is 21.6. The van der Waals surface area contributed by atoms with Crippen LogP contribution in [-0.2, 0) is 25.7 Å². The number of amides is 2. The highest BCUT2D eigenvalue weighted by Gasteiger charge is 2.46. The number of rotatable bonds is 10. The van der Waals surface area contributed by atoms with Gasteiger partial charge in [0.1, 0.15) is 0 Å². The second-order valence-corrected chi connectivity index (χ2v) is 11.5. The molecule has 4 N–H and O–H groups in total. The van der Waals surface area contributed by atoms with E-state index in [9.17, 15) is 24.3 Å². The number of hydrogen-bond acceptors (Lipinski definition) is 7. The Morgan fingerprint density at radius 3 is 2.30 bits per heavy atom. The molecular weight excluding hydrogens is 494 g/mol. The van der Waals surface area contributed by atoms with Gasteiger partial charge in [0.2, 0.25) is 11.8 Å². The molecule has 1 aliphatic rings. The molecular formula is C27H35N3O6S. The van der Waals surface area contributed by atoms with Gasteiger partial charge in [0.25, 0.3) is 0 Å². The van der Waals surface area contributed by atoms with Crippen molar-refractivity contribution in [2.45, 2.75) is 72.1 Å². The molecule has 0 aliphatic heterocycles. The van der Waals surface area contributed by atoms with E-state index < -0.39 is 41.3 Å². The minimum atomic E-state index is -1.10. The van der Waals surface area contributed by atoms with Crippen LogP contribution in [0.25, 0.3) is 10.4 Å². The second-order valence-electron chi connectivity index (χ2n) is 10.7. The minimum absolute atomic E-state index is 0.136. The quantitative estimate of drug-likeness (QED) is 0.370. The van der Waals surface area contributed by atoms with E-state index in [4.69, 9.17) is 5.11 Å². The Balaban J connectivity index is 1.66. The molecule has 9 nitrogen and oxygen atoms in total. The number of aryl methyl sites for hydroxylation is 1. The fraction of sp³-hybridized carbons (Fsp3) is 0.519. The maximum absolute atomic E-state index is 13.6. The summed E-state index contributed by atoms with van der Waals surface area (Å²) in [6.07, 6.45) is -1.08. The van der Waals surface area contributed by atoms with Crippen LogP contribution in [0.5, 0.6) is 0 Å². The number of Topliss-reactive ketones (excluding diaryl/α,β-unsaturated/α-hetero) is 1. The van der Waals surface area contributed by atoms with Crippen molar-refractivity contribution in [3.05, 3.63) is 41.0 Å². The Morgan fingerprint density at radius 1 is 1.08 bits per heavy atom. The molecule has 2 aromatic rings. The first-order valence-electron chi connectivity index (χ1n) is 12.4. The van der Waals surface area contributed by atoms with Gasteiger partial charge >= 0.3 is 5.97 Å². The van der Waals surface area contributed by atoms with E-state index in [0.717, 1.165) is 21.7 Å². The van der Waals surface area contributed by atoms with Gasteiger partial charge in [0, 0.05) is 18.9 Å². The number of nitrogens with one attached hydrogen (secondary N) is 2. The minimum Gasteiger partial charge on any atom is -0.481 e. The third-order valence-corrected chi connectivity index (χ3v) is 7.67. The zero-order chi connectivity index (χ0) is 27.3. The summed E-state index contributed by atoms with van der Waals surface area (Å²) in [6, 6.07) is 6.91. The summed E-state index contributed by atoms with van der Waals surface area (Å²) >= 11 is 1.57. The number of aliphatic carboxylic acids is 1. The summed E-state index contributed by atoms with van der Waals surface area (Å²) < 4.78 is 0. The number of aromatic nitrogens is 1. The first kappa shape index (κ1) is 28.5. The molecule has 1 aromatic heterocycles. The highest BCUT2D eigenvalue weighted by molar-refractivity contribution is 7.13. The summed E-state index contributed by atoms with van der Waals surface area (Å²) in [5.41, 5.74) is 4.06. The van der Waals surface area contributed by atoms with E-state index in [1.807, 2.05) is 31.2 Å². The third kappa shape index (κ3) is 7.45. The summed E-state index contributed by atoms with van der Waals surface area (Å²) in [5, 5.41) is 24.7. The summed E-state index contributed by atoms with van der Waals surface area (Å²) in [4.78, 5) is 55.2. The number of aliphatic hydroxyl groups is 1. The van der Waals surface area contributed by atoms with Gasteiger partial charge in [-0.2, -0.15) is 0 Å². The van der Waals surface area contributed by atoms with E-state index in [1.54, 1.807) is 37.6 Å². The van der Waals surface area contributed by atoms with Crippen LogP contribution in [0.15, 0.2) is 29.8 Å². The number of ketones is 1. The van der Waals surface area contributed by atoms with Gasteiger partial charge in [-0.25, -0.2) is 4.98 Å². The average Bonchev–Trinajstić information content (AvgIpc) is 3.44. The molecule has 4 atom stereocenters. The topological polar surface area (TPSA) is 146 Å². The SMILES string of the molecule is Cc1ncsc1-c1ccc(CNC(=O)[C@@H]2C[C@@H](O)CC2C(=O)[C@@H](NC(=O)CCC(=O)O)C(C)(C)C)cc1. The van der Waals surface area contributed by atoms with Crippen LogP contribution in [-0.4, -0.2) is 50.9 Å². The number of hydrogen-bond donors (Lipinski definition) is 4. The lowest BCUT2D eigenvalue weighted by molar-refractivity contribution is -0.140. The number of benzene rings is 1. The van der Waals surface area contributed by atoms with Crippen LogP contribution < -0.4 is 10.6 Å². The number of carboxylic acids is 1. The second kappa shape index (κ2) is 12.0. The summed E-state index contributed by atoms with van der Waals surface area (Å²) in [7, 11) is 0. The number of carboxylic acid groups (broad SMARTS) is 1. The Bertz CT molecular complexity index is 1140. The standard InChI is InChI=1S/C27H35N3O6S/c1-15-24(37-14-29-15)17-7-5-16(6-8-17)13-28-26(36)20-12-18(31)11-19(20)23(35)25(27(2,3)4)30-21(32)9-10-22(33)34/h5-8,14,18-20,25,31H,9-13H2,1-4H3,(H,28,36)(H,30,32)(H,33,34)/t18-,19?,20+,25+/m0/s1. The average molecular weight is 530 g/mol. The van der Waals surface area contributed by atoms with Crippen molar-refractivity contribution in [2.75, 3.05) is 0 Å². The number of nitrogens with zero attached hydrogens (tertiary/aromatic N) is 1. The monoisotopic (exact) mass is 529 g/mol. The molecule has 10 heteroatoms. The smallest absolute Gasteiger partial charge is 0.303 e. The maximum atomic E-state index is 13.6. The zero-order valence-corrected chi connectivity index (χ0v) is 22.4. The number of carbonyl (C=O) groups is 4. The first-order valence-corrected chi connectivity index (χ1v) is 13.2. The molecule has 0 saturated heterocycles. The van der Waals surface area contributed by atoms with E-state index in [1.165, 1.54) is 0 Å². The highest BCUT2D eigenvalue weighted by Crippen LogP contribution is 2.36. The number of aliphatic hydroxyl groups excluding tert-OH is 1. The Hall–Kier alpha value is -3.11. The van der Waals surface area contributed by atoms with Crippen molar-refractivity contribution in [3.63, 3.8) is 0 Å². The van der Waals surface area contributed by atoms with Gasteiger partial charge < -0.3 is 20.8 Å². The van der Waals surface area contributed by atoms with Gasteiger partial charge in [0.15, 0.2) is 5.78 Å². The van der Waals surface area contributed by atoms with Crippen LogP contribution >= 0.6 is 11.3 Å². The summed E-state index contributed by atoms with van der Waals surface area (Å²) in [5.74, 6) is -3.75. The molecule has 0 spiro atoms. The molecule has 1 aromatic carbocycles. The van der Waals surface area contributed by atoms with E-state index in [2.05, 4.69) is 15.6 Å². The fourth-order valence-corrected chi connectivity index (χ4v) is 5.48. The molecule has 0 bridgehead atoms. The molecule has 3 rings (SSSR count). The van der Waals surface area contributed by atoms with Crippen molar-refractivity contribution < 1.29 is 29.4 Å². The lowest BCUT2D eigenvalue weighted by Gasteiger charge is -2.33. The van der Waals surface area contributed by atoms with Crippen molar-refractivity contribution in [3.8, 4) is 10.4 Å². The van der Waals surface area contributed by atoms with Crippen molar-refractivity contribution in [1.82, 2.24) is 15.6 Å². The van der Waals surface area contributed by atoms with E-state index in [0.29, 0.717) is 0 Å². The first-order chi connectivity index (χ1) is 17.4. The largest absolute Gasteiger partial charge is 0.481 e. The fourth-order valence-electron chi connectivity index (χ4n) is 4.67. The lowest BCUT2D eigenvalue weighted by Crippen LogP contribution is -2.52. The maximum Gasteiger partial charge on any atom is 0.303 e. The van der Waals surface area contributed by atoms with E-state index in [-0.39, 0.29) is 43.9 Å². The van der Waals surface area contributed by atoms with Gasteiger partial charge in [-0.15, -0.1) is 11.3 Å². The molecule has 2 amide bonds. The molecule has 1 heterocycles. The molecule has 1 saturated carbocycles. The van der Waals surface area contributed by atoms with Gasteiger partial charge in [-0.3, -0.25) is 19.2 Å². The molecule has 37 heavy (non-hydrogen) atoms. The molecule has 1 unspecified atom stereocenters. The number of carbonyl (C=O) groups excluding carboxylic acids is 3. The number of thiazole rings is 1. The van der Waals surface area contributed by atoms with E-state index >= 15 is 0 Å². The summed E-state index contributed by atoms with van der Waals surface area (Å²) in [6.45, 7) is 7.63. The third-order valence-electron chi connectivity index (χ3n) is 6.69. The van der Waals surface area contributed by atoms with Crippen LogP contribution in [0.3, 0.4) is 0 Å².